The van der Waals surface area contributed by atoms with Crippen molar-refractivity contribution in [1.29, 1.82) is 0 Å². The number of carboxylic acid groups (broad SMARTS) is 1. The molecule has 0 radical (unpaired) electrons. The van der Waals surface area contributed by atoms with Gasteiger partial charge in [0.25, 0.3) is 5.91 Å². The summed E-state index contributed by atoms with van der Waals surface area (Å²) in [5.41, 5.74) is 5.85. The van der Waals surface area contributed by atoms with Gasteiger partial charge >= 0.3 is 6.09 Å². The summed E-state index contributed by atoms with van der Waals surface area (Å²) in [6.45, 7) is 10.1. The first-order valence-corrected chi connectivity index (χ1v) is 9.27. The smallest absolute Gasteiger partial charge is 0.412 e. The first-order valence-electron chi connectivity index (χ1n) is 9.27. The van der Waals surface area contributed by atoms with Crippen LogP contribution >= 0.6 is 0 Å². The monoisotopic (exact) mass is 366 g/mol. The first kappa shape index (κ1) is 19.0. The van der Waals surface area contributed by atoms with E-state index in [0.717, 1.165) is 22.3 Å². The summed E-state index contributed by atoms with van der Waals surface area (Å²) in [6, 6.07) is 9.35. The van der Waals surface area contributed by atoms with Crippen LogP contribution in [0.4, 0.5) is 16.2 Å². The largest absolute Gasteiger partial charge is 0.465 e. The summed E-state index contributed by atoms with van der Waals surface area (Å²) in [5.74, 6) is -0.0707. The van der Waals surface area contributed by atoms with Crippen LogP contribution in [0.15, 0.2) is 30.3 Å². The fraction of sp³-hybridized carbons (Fsp3) is 0.364. The molecule has 1 unspecified atom stereocenters. The Bertz CT molecular complexity index is 900. The van der Waals surface area contributed by atoms with Crippen LogP contribution in [0.1, 0.15) is 46.0 Å². The third-order valence-electron chi connectivity index (χ3n) is 5.52. The summed E-state index contributed by atoms with van der Waals surface area (Å²) in [7, 11) is 0. The Labute approximate surface area is 160 Å². The molecule has 0 aromatic heterocycles. The molecule has 1 aliphatic heterocycles. The van der Waals surface area contributed by atoms with E-state index in [1.807, 2.05) is 65.0 Å². The average Bonchev–Trinajstić information content (AvgIpc) is 2.61. The van der Waals surface area contributed by atoms with Gasteiger partial charge in [-0.3, -0.25) is 9.69 Å². The number of anilines is 2. The number of benzene rings is 2. The van der Waals surface area contributed by atoms with Gasteiger partial charge in [-0.1, -0.05) is 25.1 Å². The van der Waals surface area contributed by atoms with Crippen LogP contribution in [0.25, 0.3) is 0 Å². The van der Waals surface area contributed by atoms with Gasteiger partial charge in [0, 0.05) is 12.1 Å². The Morgan fingerprint density at radius 3 is 2.07 bits per heavy atom. The molecule has 0 fully saturated rings. The molecule has 0 aliphatic carbocycles. The van der Waals surface area contributed by atoms with E-state index in [1.54, 1.807) is 4.90 Å². The fourth-order valence-electron chi connectivity index (χ4n) is 3.83. The molecule has 2 amide bonds. The molecule has 0 saturated heterocycles. The maximum atomic E-state index is 13.5. The van der Waals surface area contributed by atoms with Gasteiger partial charge in [0.05, 0.1) is 17.4 Å². The van der Waals surface area contributed by atoms with Gasteiger partial charge in [-0.2, -0.15) is 0 Å². The van der Waals surface area contributed by atoms with E-state index in [4.69, 9.17) is 0 Å². The normalized spacial score (nSPS) is 16.3. The minimum absolute atomic E-state index is 0.0707. The zero-order chi connectivity index (χ0) is 19.9. The Hall–Kier alpha value is -2.82. The molecule has 5 heteroatoms. The average molecular weight is 366 g/mol. The number of hydrogen-bond acceptors (Lipinski definition) is 2. The second-order valence-corrected chi connectivity index (χ2v) is 7.32. The van der Waals surface area contributed by atoms with E-state index in [0.29, 0.717) is 29.9 Å². The van der Waals surface area contributed by atoms with Crippen molar-refractivity contribution in [2.45, 2.75) is 47.1 Å². The molecule has 2 aromatic carbocycles. The highest BCUT2D eigenvalue weighted by atomic mass is 16.4. The molecule has 0 spiro atoms. The van der Waals surface area contributed by atoms with Gasteiger partial charge in [0.2, 0.25) is 0 Å². The van der Waals surface area contributed by atoms with Crippen molar-refractivity contribution in [3.63, 3.8) is 0 Å². The van der Waals surface area contributed by atoms with Gasteiger partial charge in [-0.05, 0) is 68.5 Å². The fourth-order valence-corrected chi connectivity index (χ4v) is 3.83. The third kappa shape index (κ3) is 3.18. The van der Waals surface area contributed by atoms with Gasteiger partial charge in [0.1, 0.15) is 0 Å². The molecular formula is C22H26N2O3. The van der Waals surface area contributed by atoms with Crippen molar-refractivity contribution >= 4 is 23.4 Å². The maximum Gasteiger partial charge on any atom is 0.412 e. The van der Waals surface area contributed by atoms with E-state index in [-0.39, 0.29) is 11.9 Å². The van der Waals surface area contributed by atoms with E-state index in [9.17, 15) is 14.7 Å². The third-order valence-corrected chi connectivity index (χ3v) is 5.52. The molecule has 1 atom stereocenters. The SMILES string of the molecule is CCC1CN(C(=O)c2c(C)cccc2C)c2cc(C)c(C)cc2N1C(=O)O. The van der Waals surface area contributed by atoms with E-state index >= 15 is 0 Å². The number of amides is 2. The highest BCUT2D eigenvalue weighted by Crippen LogP contribution is 2.39. The Morgan fingerprint density at radius 2 is 1.56 bits per heavy atom. The molecule has 1 N–H and O–H groups in total. The first-order chi connectivity index (χ1) is 12.8. The summed E-state index contributed by atoms with van der Waals surface area (Å²) in [5, 5.41) is 9.80. The van der Waals surface area contributed by atoms with Crippen LogP contribution in [0.2, 0.25) is 0 Å². The van der Waals surface area contributed by atoms with Crippen molar-refractivity contribution in [2.75, 3.05) is 16.3 Å². The second-order valence-electron chi connectivity index (χ2n) is 7.32. The molecule has 3 rings (SSSR count). The van der Waals surface area contributed by atoms with Crippen LogP contribution in [0.5, 0.6) is 0 Å². The number of nitrogens with zero attached hydrogens (tertiary/aromatic N) is 2. The number of rotatable bonds is 2. The van der Waals surface area contributed by atoms with Crippen LogP contribution in [-0.2, 0) is 0 Å². The van der Waals surface area contributed by atoms with Crippen LogP contribution in [-0.4, -0.2) is 29.7 Å². The molecule has 27 heavy (non-hydrogen) atoms. The quantitative estimate of drug-likeness (QED) is 0.827. The van der Waals surface area contributed by atoms with Gasteiger partial charge in [-0.25, -0.2) is 4.79 Å². The number of aryl methyl sites for hydroxylation is 4. The highest BCUT2D eigenvalue weighted by Gasteiger charge is 2.37. The summed E-state index contributed by atoms with van der Waals surface area (Å²) < 4.78 is 0. The minimum atomic E-state index is -0.981. The molecule has 5 nitrogen and oxygen atoms in total. The number of carbonyl (C=O) groups is 2. The van der Waals surface area contributed by atoms with E-state index in [2.05, 4.69) is 0 Å². The lowest BCUT2D eigenvalue weighted by Crippen LogP contribution is -2.53. The van der Waals surface area contributed by atoms with E-state index < -0.39 is 6.09 Å². The summed E-state index contributed by atoms with van der Waals surface area (Å²) in [6.07, 6.45) is -0.347. The van der Waals surface area contributed by atoms with Crippen molar-refractivity contribution in [2.24, 2.45) is 0 Å². The van der Waals surface area contributed by atoms with Crippen LogP contribution in [0, 0.1) is 27.7 Å². The lowest BCUT2D eigenvalue weighted by Gasteiger charge is -2.41. The van der Waals surface area contributed by atoms with Crippen molar-refractivity contribution in [1.82, 2.24) is 0 Å². The topological polar surface area (TPSA) is 60.9 Å². The molecular weight excluding hydrogens is 340 g/mol. The maximum absolute atomic E-state index is 13.5. The Kier molecular flexibility index (Phi) is 4.96. The number of carbonyl (C=O) groups excluding carboxylic acids is 1. The molecule has 1 heterocycles. The van der Waals surface area contributed by atoms with Crippen molar-refractivity contribution in [3.05, 3.63) is 58.1 Å². The summed E-state index contributed by atoms with van der Waals surface area (Å²) in [4.78, 5) is 28.6. The number of fused-ring (bicyclic) bond motifs is 1. The Morgan fingerprint density at radius 1 is 1.00 bits per heavy atom. The standard InChI is InChI=1S/C22H26N2O3/c1-6-17-12-23(21(25)20-13(2)8-7-9-14(20)3)18-10-15(4)16(5)11-19(18)24(17)22(26)27/h7-11,17H,6,12H2,1-5H3,(H,26,27). The zero-order valence-corrected chi connectivity index (χ0v) is 16.5. The van der Waals surface area contributed by atoms with Crippen molar-refractivity contribution < 1.29 is 14.7 Å². The zero-order valence-electron chi connectivity index (χ0n) is 16.5. The Balaban J connectivity index is 2.20. The van der Waals surface area contributed by atoms with Gasteiger partial charge in [0.15, 0.2) is 0 Å². The van der Waals surface area contributed by atoms with Crippen LogP contribution in [0.3, 0.4) is 0 Å². The predicted octanol–water partition coefficient (Wildman–Crippen LogP) is 4.84. The van der Waals surface area contributed by atoms with Crippen LogP contribution < -0.4 is 9.80 Å². The summed E-state index contributed by atoms with van der Waals surface area (Å²) >= 11 is 0. The second kappa shape index (κ2) is 7.06. The lowest BCUT2D eigenvalue weighted by atomic mass is 9.97. The number of hydrogen-bond donors (Lipinski definition) is 1. The van der Waals surface area contributed by atoms with Crippen molar-refractivity contribution in [3.8, 4) is 0 Å². The molecule has 1 aliphatic rings. The van der Waals surface area contributed by atoms with Gasteiger partial charge in [-0.15, -0.1) is 0 Å². The lowest BCUT2D eigenvalue weighted by molar-refractivity contribution is 0.0981. The molecule has 2 aromatic rings. The highest BCUT2D eigenvalue weighted by molar-refractivity contribution is 6.11. The molecule has 0 saturated carbocycles. The minimum Gasteiger partial charge on any atom is -0.465 e. The predicted molar refractivity (Wildman–Crippen MR) is 108 cm³/mol. The van der Waals surface area contributed by atoms with Gasteiger partial charge < -0.3 is 10.0 Å². The molecule has 0 bridgehead atoms. The van der Waals surface area contributed by atoms with E-state index in [1.165, 1.54) is 4.90 Å². The molecule has 142 valence electrons.